The van der Waals surface area contributed by atoms with Crippen molar-refractivity contribution in [3.63, 3.8) is 0 Å². The molecular formula is C13H17N3S. The molecule has 1 aromatic carbocycles. The summed E-state index contributed by atoms with van der Waals surface area (Å²) in [5, 5.41) is 13.9. The number of aryl methyl sites for hydroxylation is 1. The van der Waals surface area contributed by atoms with Crippen LogP contribution in [0.5, 0.6) is 0 Å². The normalized spacial score (nSPS) is 12.6. The lowest BCUT2D eigenvalue weighted by atomic mass is 10.0. The Labute approximate surface area is 106 Å². The van der Waals surface area contributed by atoms with Crippen LogP contribution in [0.3, 0.4) is 0 Å². The topological polar surface area (TPSA) is 37.8 Å². The molecule has 4 heteroatoms. The second-order valence-corrected chi connectivity index (χ2v) is 5.21. The summed E-state index contributed by atoms with van der Waals surface area (Å²) in [6, 6.07) is 10.8. The van der Waals surface area contributed by atoms with E-state index in [-0.39, 0.29) is 0 Å². The minimum absolute atomic E-state index is 0.327. The largest absolute Gasteiger partial charge is 0.310 e. The maximum Gasteiger partial charge on any atom is 0.119 e. The van der Waals surface area contributed by atoms with E-state index in [4.69, 9.17) is 0 Å². The number of rotatable bonds is 5. The zero-order valence-corrected chi connectivity index (χ0v) is 11.0. The number of likely N-dealkylation sites (N-methyl/N-ethyl adjacent to an activating group) is 1. The third-order valence-electron chi connectivity index (χ3n) is 2.60. The molecule has 0 spiro atoms. The SMILES string of the molecule is CCNC(Cc1nnc(C)s1)c1ccccc1. The van der Waals surface area contributed by atoms with Crippen LogP contribution < -0.4 is 5.32 Å². The van der Waals surface area contributed by atoms with Crippen LogP contribution in [0.1, 0.15) is 28.5 Å². The summed E-state index contributed by atoms with van der Waals surface area (Å²) >= 11 is 1.67. The van der Waals surface area contributed by atoms with E-state index in [0.717, 1.165) is 23.0 Å². The van der Waals surface area contributed by atoms with Crippen molar-refractivity contribution >= 4 is 11.3 Å². The Morgan fingerprint density at radius 3 is 2.59 bits per heavy atom. The molecule has 1 heterocycles. The predicted octanol–water partition coefficient (Wildman–Crippen LogP) is 2.74. The van der Waals surface area contributed by atoms with Gasteiger partial charge in [-0.15, -0.1) is 21.5 Å². The number of benzene rings is 1. The van der Waals surface area contributed by atoms with E-state index in [2.05, 4.69) is 46.7 Å². The van der Waals surface area contributed by atoms with Gasteiger partial charge in [-0.2, -0.15) is 0 Å². The van der Waals surface area contributed by atoms with Crippen molar-refractivity contribution < 1.29 is 0 Å². The summed E-state index contributed by atoms with van der Waals surface area (Å²) < 4.78 is 0. The molecule has 1 N–H and O–H groups in total. The van der Waals surface area contributed by atoms with Crippen molar-refractivity contribution in [2.45, 2.75) is 26.3 Å². The fourth-order valence-corrected chi connectivity index (χ4v) is 2.59. The fourth-order valence-electron chi connectivity index (χ4n) is 1.83. The predicted molar refractivity (Wildman–Crippen MR) is 71.2 cm³/mol. The molecule has 0 bridgehead atoms. The molecule has 1 atom stereocenters. The lowest BCUT2D eigenvalue weighted by molar-refractivity contribution is 0.547. The summed E-state index contributed by atoms with van der Waals surface area (Å²) in [6.07, 6.45) is 0.906. The molecule has 0 aliphatic rings. The summed E-state index contributed by atoms with van der Waals surface area (Å²) in [4.78, 5) is 0. The smallest absolute Gasteiger partial charge is 0.119 e. The number of hydrogen-bond acceptors (Lipinski definition) is 4. The van der Waals surface area contributed by atoms with Crippen LogP contribution in [0.25, 0.3) is 0 Å². The summed E-state index contributed by atoms with van der Waals surface area (Å²) in [5.74, 6) is 0. The van der Waals surface area contributed by atoms with Gasteiger partial charge in [-0.3, -0.25) is 0 Å². The highest BCUT2D eigenvalue weighted by Gasteiger charge is 2.13. The second-order valence-electron chi connectivity index (χ2n) is 3.94. The van der Waals surface area contributed by atoms with Crippen molar-refractivity contribution in [1.29, 1.82) is 0 Å². The highest BCUT2D eigenvalue weighted by molar-refractivity contribution is 7.11. The summed E-state index contributed by atoms with van der Waals surface area (Å²) in [7, 11) is 0. The van der Waals surface area contributed by atoms with Crippen LogP contribution in [0, 0.1) is 6.92 Å². The molecule has 0 saturated carbocycles. The zero-order chi connectivity index (χ0) is 12.1. The first-order chi connectivity index (χ1) is 8.29. The Balaban J connectivity index is 2.13. The minimum atomic E-state index is 0.327. The Kier molecular flexibility index (Phi) is 4.23. The average molecular weight is 247 g/mol. The number of nitrogens with zero attached hydrogens (tertiary/aromatic N) is 2. The van der Waals surface area contributed by atoms with E-state index in [1.165, 1.54) is 5.56 Å². The molecule has 0 aliphatic heterocycles. The van der Waals surface area contributed by atoms with E-state index in [1.54, 1.807) is 11.3 Å². The van der Waals surface area contributed by atoms with Gasteiger partial charge in [0.05, 0.1) is 0 Å². The van der Waals surface area contributed by atoms with Gasteiger partial charge in [0, 0.05) is 12.5 Å². The van der Waals surface area contributed by atoms with Gasteiger partial charge < -0.3 is 5.32 Å². The van der Waals surface area contributed by atoms with Crippen LogP contribution >= 0.6 is 11.3 Å². The third kappa shape index (κ3) is 3.35. The molecule has 0 saturated heterocycles. The summed E-state index contributed by atoms with van der Waals surface area (Å²) in [6.45, 7) is 5.07. The van der Waals surface area contributed by atoms with Crippen molar-refractivity contribution in [2.24, 2.45) is 0 Å². The third-order valence-corrected chi connectivity index (χ3v) is 3.46. The average Bonchev–Trinajstić information content (AvgIpc) is 2.75. The minimum Gasteiger partial charge on any atom is -0.310 e. The number of hydrogen-bond donors (Lipinski definition) is 1. The molecule has 0 aliphatic carbocycles. The molecule has 3 nitrogen and oxygen atoms in total. The van der Waals surface area contributed by atoms with E-state index < -0.39 is 0 Å². The number of nitrogens with one attached hydrogen (secondary N) is 1. The highest BCUT2D eigenvalue weighted by atomic mass is 32.1. The molecule has 1 unspecified atom stereocenters. The van der Waals surface area contributed by atoms with Crippen molar-refractivity contribution in [3.05, 3.63) is 45.9 Å². The molecule has 2 rings (SSSR count). The highest BCUT2D eigenvalue weighted by Crippen LogP contribution is 2.20. The van der Waals surface area contributed by atoms with Crippen LogP contribution in [0.4, 0.5) is 0 Å². The summed E-state index contributed by atoms with van der Waals surface area (Å²) in [5.41, 5.74) is 1.31. The Morgan fingerprint density at radius 2 is 2.00 bits per heavy atom. The monoisotopic (exact) mass is 247 g/mol. The number of aromatic nitrogens is 2. The Morgan fingerprint density at radius 1 is 1.24 bits per heavy atom. The zero-order valence-electron chi connectivity index (χ0n) is 10.2. The van der Waals surface area contributed by atoms with Crippen LogP contribution in [0.15, 0.2) is 30.3 Å². The fraction of sp³-hybridized carbons (Fsp3) is 0.385. The molecular weight excluding hydrogens is 230 g/mol. The molecule has 0 fully saturated rings. The first-order valence-corrected chi connectivity index (χ1v) is 6.68. The molecule has 0 radical (unpaired) electrons. The molecule has 1 aromatic heterocycles. The van der Waals surface area contributed by atoms with Gasteiger partial charge >= 0.3 is 0 Å². The van der Waals surface area contributed by atoms with Crippen LogP contribution in [-0.4, -0.2) is 16.7 Å². The Bertz CT molecular complexity index is 453. The van der Waals surface area contributed by atoms with Gasteiger partial charge in [0.2, 0.25) is 0 Å². The van der Waals surface area contributed by atoms with Gasteiger partial charge in [-0.05, 0) is 19.0 Å². The van der Waals surface area contributed by atoms with E-state index >= 15 is 0 Å². The quantitative estimate of drug-likeness (QED) is 0.883. The van der Waals surface area contributed by atoms with Gasteiger partial charge in [0.25, 0.3) is 0 Å². The standard InChI is InChI=1S/C13H17N3S/c1-3-14-12(11-7-5-4-6-8-11)9-13-16-15-10(2)17-13/h4-8,12,14H,3,9H2,1-2H3. The molecule has 0 amide bonds. The van der Waals surface area contributed by atoms with Crippen LogP contribution in [-0.2, 0) is 6.42 Å². The maximum absolute atomic E-state index is 4.19. The van der Waals surface area contributed by atoms with Gasteiger partial charge in [-0.25, -0.2) is 0 Å². The van der Waals surface area contributed by atoms with Gasteiger partial charge in [0.1, 0.15) is 10.0 Å². The van der Waals surface area contributed by atoms with E-state index in [9.17, 15) is 0 Å². The maximum atomic E-state index is 4.19. The van der Waals surface area contributed by atoms with Crippen LogP contribution in [0.2, 0.25) is 0 Å². The molecule has 17 heavy (non-hydrogen) atoms. The van der Waals surface area contributed by atoms with Crippen molar-refractivity contribution in [1.82, 2.24) is 15.5 Å². The van der Waals surface area contributed by atoms with Gasteiger partial charge in [0.15, 0.2) is 0 Å². The van der Waals surface area contributed by atoms with Crippen molar-refractivity contribution in [2.75, 3.05) is 6.54 Å². The van der Waals surface area contributed by atoms with Crippen molar-refractivity contribution in [3.8, 4) is 0 Å². The molecule has 2 aromatic rings. The first kappa shape index (κ1) is 12.2. The van der Waals surface area contributed by atoms with Gasteiger partial charge in [-0.1, -0.05) is 37.3 Å². The lowest BCUT2D eigenvalue weighted by Crippen LogP contribution is -2.22. The van der Waals surface area contributed by atoms with E-state index in [1.807, 2.05) is 13.0 Å². The first-order valence-electron chi connectivity index (χ1n) is 5.87. The lowest BCUT2D eigenvalue weighted by Gasteiger charge is -2.16. The van der Waals surface area contributed by atoms with E-state index in [0.29, 0.717) is 6.04 Å². The molecule has 90 valence electrons. The Hall–Kier alpha value is -1.26. The second kappa shape index (κ2) is 5.89.